The lowest BCUT2D eigenvalue weighted by Crippen LogP contribution is -2.45. The van der Waals surface area contributed by atoms with Gasteiger partial charge in [0.1, 0.15) is 0 Å². The Morgan fingerprint density at radius 2 is 2.21 bits per heavy atom. The summed E-state index contributed by atoms with van der Waals surface area (Å²) >= 11 is 5.47. The minimum atomic E-state index is 0.563. The van der Waals surface area contributed by atoms with E-state index >= 15 is 0 Å². The Kier molecular flexibility index (Phi) is 4.62. The molecule has 1 aromatic heterocycles. The molecule has 19 heavy (non-hydrogen) atoms. The molecule has 4 heteroatoms. The van der Waals surface area contributed by atoms with Crippen molar-refractivity contribution in [2.24, 2.45) is 0 Å². The van der Waals surface area contributed by atoms with Crippen LogP contribution in [0.1, 0.15) is 49.9 Å². The molecule has 2 heterocycles. The van der Waals surface area contributed by atoms with Crippen molar-refractivity contribution in [1.82, 2.24) is 10.2 Å². The standard InChI is InChI=1S/C15H23BrN2S/c1-11(14-7-8-15(16)19-14)18(13-5-6-13)10-12-4-2-3-9-17-12/h7-8,11-13,17H,2-6,9-10H2,1H3. The Balaban J connectivity index is 1.66. The molecular formula is C15H23BrN2S. The van der Waals surface area contributed by atoms with Crippen LogP contribution in [0.25, 0.3) is 0 Å². The zero-order valence-electron chi connectivity index (χ0n) is 11.6. The number of piperidine rings is 1. The lowest BCUT2D eigenvalue weighted by molar-refractivity contribution is 0.169. The van der Waals surface area contributed by atoms with Crippen LogP contribution < -0.4 is 5.32 Å². The maximum atomic E-state index is 3.70. The van der Waals surface area contributed by atoms with Crippen LogP contribution in [0.4, 0.5) is 0 Å². The van der Waals surface area contributed by atoms with E-state index in [1.54, 1.807) is 0 Å². The third-order valence-corrected chi connectivity index (χ3v) is 6.16. The number of hydrogen-bond donors (Lipinski definition) is 1. The Bertz CT molecular complexity index is 410. The summed E-state index contributed by atoms with van der Waals surface area (Å²) in [5.74, 6) is 0. The molecule has 2 aliphatic rings. The van der Waals surface area contributed by atoms with Gasteiger partial charge in [-0.2, -0.15) is 0 Å². The van der Waals surface area contributed by atoms with Crippen molar-refractivity contribution >= 4 is 27.3 Å². The van der Waals surface area contributed by atoms with Crippen molar-refractivity contribution in [2.75, 3.05) is 13.1 Å². The number of nitrogens with zero attached hydrogens (tertiary/aromatic N) is 1. The molecule has 3 rings (SSSR count). The number of thiophene rings is 1. The van der Waals surface area contributed by atoms with Gasteiger partial charge in [0.25, 0.3) is 0 Å². The van der Waals surface area contributed by atoms with Crippen molar-refractivity contribution in [3.8, 4) is 0 Å². The third-order valence-electron chi connectivity index (χ3n) is 4.36. The maximum Gasteiger partial charge on any atom is 0.0701 e. The molecule has 0 radical (unpaired) electrons. The van der Waals surface area contributed by atoms with E-state index in [9.17, 15) is 0 Å². The first-order chi connectivity index (χ1) is 9.24. The van der Waals surface area contributed by atoms with E-state index in [4.69, 9.17) is 0 Å². The van der Waals surface area contributed by atoms with Gasteiger partial charge in [-0.1, -0.05) is 6.42 Å². The molecule has 2 atom stereocenters. The number of halogens is 1. The van der Waals surface area contributed by atoms with E-state index in [0.717, 1.165) is 6.04 Å². The Labute approximate surface area is 128 Å². The molecule has 0 bridgehead atoms. The smallest absolute Gasteiger partial charge is 0.0701 e. The van der Waals surface area contributed by atoms with Crippen LogP contribution in [0.2, 0.25) is 0 Å². The zero-order chi connectivity index (χ0) is 13.2. The fourth-order valence-corrected chi connectivity index (χ4v) is 4.58. The van der Waals surface area contributed by atoms with Gasteiger partial charge in [0.05, 0.1) is 3.79 Å². The van der Waals surface area contributed by atoms with Gasteiger partial charge in [-0.05, 0) is 67.2 Å². The van der Waals surface area contributed by atoms with Gasteiger partial charge < -0.3 is 5.32 Å². The second-order valence-electron chi connectivity index (χ2n) is 5.89. The second kappa shape index (κ2) is 6.25. The maximum absolute atomic E-state index is 3.70. The number of nitrogens with one attached hydrogen (secondary N) is 1. The number of rotatable bonds is 5. The highest BCUT2D eigenvalue weighted by Crippen LogP contribution is 2.37. The van der Waals surface area contributed by atoms with Gasteiger partial charge in [0.2, 0.25) is 0 Å². The van der Waals surface area contributed by atoms with Crippen molar-refractivity contribution < 1.29 is 0 Å². The molecule has 1 aliphatic heterocycles. The average molecular weight is 343 g/mol. The lowest BCUT2D eigenvalue weighted by Gasteiger charge is -2.34. The molecule has 1 N–H and O–H groups in total. The summed E-state index contributed by atoms with van der Waals surface area (Å²) in [5.41, 5.74) is 0. The summed E-state index contributed by atoms with van der Waals surface area (Å²) in [4.78, 5) is 4.23. The molecular weight excluding hydrogens is 320 g/mol. The average Bonchev–Trinajstić information content (AvgIpc) is 3.18. The van der Waals surface area contributed by atoms with Crippen LogP contribution in [0.3, 0.4) is 0 Å². The van der Waals surface area contributed by atoms with Crippen LogP contribution in [0.5, 0.6) is 0 Å². The highest BCUT2D eigenvalue weighted by atomic mass is 79.9. The predicted molar refractivity (Wildman–Crippen MR) is 85.8 cm³/mol. The van der Waals surface area contributed by atoms with Crippen LogP contribution >= 0.6 is 27.3 Å². The molecule has 2 fully saturated rings. The quantitative estimate of drug-likeness (QED) is 0.863. The molecule has 2 unspecified atom stereocenters. The van der Waals surface area contributed by atoms with Gasteiger partial charge >= 0.3 is 0 Å². The molecule has 1 saturated carbocycles. The Morgan fingerprint density at radius 3 is 2.79 bits per heavy atom. The molecule has 0 amide bonds. The molecule has 0 aromatic carbocycles. The van der Waals surface area contributed by atoms with Gasteiger partial charge in [0.15, 0.2) is 0 Å². The van der Waals surface area contributed by atoms with Crippen LogP contribution in [-0.4, -0.2) is 30.1 Å². The summed E-state index contributed by atoms with van der Waals surface area (Å²) in [7, 11) is 0. The van der Waals surface area contributed by atoms with E-state index in [2.05, 4.69) is 45.2 Å². The fraction of sp³-hybridized carbons (Fsp3) is 0.733. The molecule has 1 saturated heterocycles. The van der Waals surface area contributed by atoms with Gasteiger partial charge in [-0.25, -0.2) is 0 Å². The number of hydrogen-bond acceptors (Lipinski definition) is 3. The van der Waals surface area contributed by atoms with Gasteiger partial charge in [-0.15, -0.1) is 11.3 Å². The van der Waals surface area contributed by atoms with E-state index in [-0.39, 0.29) is 0 Å². The van der Waals surface area contributed by atoms with Crippen LogP contribution in [0.15, 0.2) is 15.9 Å². The van der Waals surface area contributed by atoms with E-state index < -0.39 is 0 Å². The first-order valence-corrected chi connectivity index (χ1v) is 9.09. The molecule has 1 aliphatic carbocycles. The predicted octanol–water partition coefficient (Wildman–Crippen LogP) is 4.18. The SMILES string of the molecule is CC(c1ccc(Br)s1)N(CC1CCCCN1)C1CC1. The summed E-state index contributed by atoms with van der Waals surface area (Å²) in [6.07, 6.45) is 6.89. The minimum Gasteiger partial charge on any atom is -0.313 e. The monoisotopic (exact) mass is 342 g/mol. The summed E-state index contributed by atoms with van der Waals surface area (Å²) in [6, 6.07) is 6.57. The minimum absolute atomic E-state index is 0.563. The van der Waals surface area contributed by atoms with E-state index in [1.807, 2.05) is 11.3 Å². The topological polar surface area (TPSA) is 15.3 Å². The van der Waals surface area contributed by atoms with Crippen LogP contribution in [-0.2, 0) is 0 Å². The summed E-state index contributed by atoms with van der Waals surface area (Å²) in [6.45, 7) is 4.81. The third kappa shape index (κ3) is 3.60. The van der Waals surface area contributed by atoms with E-state index in [1.165, 1.54) is 53.9 Å². The fourth-order valence-electron chi connectivity index (χ4n) is 3.08. The molecule has 106 valence electrons. The largest absolute Gasteiger partial charge is 0.313 e. The summed E-state index contributed by atoms with van der Waals surface area (Å²) < 4.78 is 1.25. The lowest BCUT2D eigenvalue weighted by atomic mass is 10.0. The highest BCUT2D eigenvalue weighted by Gasteiger charge is 2.34. The zero-order valence-corrected chi connectivity index (χ0v) is 14.0. The Morgan fingerprint density at radius 1 is 1.37 bits per heavy atom. The van der Waals surface area contributed by atoms with Gasteiger partial charge in [-0.3, -0.25) is 4.90 Å². The second-order valence-corrected chi connectivity index (χ2v) is 8.39. The van der Waals surface area contributed by atoms with Crippen molar-refractivity contribution in [3.63, 3.8) is 0 Å². The molecule has 1 aromatic rings. The summed E-state index contributed by atoms with van der Waals surface area (Å²) in [5, 5.41) is 3.70. The van der Waals surface area contributed by atoms with Gasteiger partial charge in [0, 0.05) is 29.5 Å². The first kappa shape index (κ1) is 14.1. The van der Waals surface area contributed by atoms with Crippen molar-refractivity contribution in [3.05, 3.63) is 20.8 Å². The molecule has 0 spiro atoms. The normalized spacial score (nSPS) is 25.7. The first-order valence-electron chi connectivity index (χ1n) is 7.48. The van der Waals surface area contributed by atoms with Crippen LogP contribution in [0, 0.1) is 0 Å². The highest BCUT2D eigenvalue weighted by molar-refractivity contribution is 9.11. The molecule has 2 nitrogen and oxygen atoms in total. The van der Waals surface area contributed by atoms with Crippen molar-refractivity contribution in [1.29, 1.82) is 0 Å². The van der Waals surface area contributed by atoms with E-state index in [0.29, 0.717) is 12.1 Å². The van der Waals surface area contributed by atoms with Crippen molar-refractivity contribution in [2.45, 2.75) is 57.2 Å². The Hall–Kier alpha value is 0.1000.